The molecule has 0 spiro atoms. The summed E-state index contributed by atoms with van der Waals surface area (Å²) in [6, 6.07) is 2.47. The molecule has 3 heterocycles. The molecular formula is C15H24N4O2. The normalized spacial score (nSPS) is 27.5. The van der Waals surface area contributed by atoms with Gasteiger partial charge in [0.05, 0.1) is 11.7 Å². The number of carbonyl (C=O) groups excluding carboxylic acids is 1. The third-order valence-electron chi connectivity index (χ3n) is 4.50. The van der Waals surface area contributed by atoms with Gasteiger partial charge in [0.1, 0.15) is 5.69 Å². The van der Waals surface area contributed by atoms with E-state index in [4.69, 9.17) is 4.74 Å². The van der Waals surface area contributed by atoms with Crippen molar-refractivity contribution in [1.29, 1.82) is 0 Å². The number of ether oxygens (including phenoxy) is 1. The van der Waals surface area contributed by atoms with Crippen LogP contribution in [0.5, 0.6) is 0 Å². The average Bonchev–Trinajstić information content (AvgIpc) is 3.03. The second-order valence-corrected chi connectivity index (χ2v) is 6.06. The highest BCUT2D eigenvalue weighted by Crippen LogP contribution is 2.29. The number of aromatic nitrogens is 2. The van der Waals surface area contributed by atoms with Crippen LogP contribution in [0.15, 0.2) is 6.07 Å². The van der Waals surface area contributed by atoms with Gasteiger partial charge in [-0.05, 0) is 51.8 Å². The summed E-state index contributed by atoms with van der Waals surface area (Å²) >= 11 is 0. The zero-order valence-corrected chi connectivity index (χ0v) is 12.6. The Morgan fingerprint density at radius 3 is 3.10 bits per heavy atom. The standard InChI is InChI=1S/C15H24N4O2/c1-19-7-2-5-14(19)12-10-13(18-17-12)15(20)16-11-4-3-8-21-9-6-11/h10-11,14H,2-9H2,1H3,(H,16,20)(H,17,18). The maximum Gasteiger partial charge on any atom is 0.271 e. The first-order valence-electron chi connectivity index (χ1n) is 7.88. The number of H-pyrrole nitrogens is 1. The van der Waals surface area contributed by atoms with Crippen LogP contribution in [0.1, 0.15) is 54.3 Å². The zero-order valence-electron chi connectivity index (χ0n) is 12.6. The summed E-state index contributed by atoms with van der Waals surface area (Å²) in [5, 5.41) is 10.3. The van der Waals surface area contributed by atoms with Crippen molar-refractivity contribution in [3.63, 3.8) is 0 Å². The summed E-state index contributed by atoms with van der Waals surface area (Å²) < 4.78 is 5.42. The Labute approximate surface area is 125 Å². The average molecular weight is 292 g/mol. The molecule has 21 heavy (non-hydrogen) atoms. The molecule has 0 radical (unpaired) electrons. The van der Waals surface area contributed by atoms with E-state index in [-0.39, 0.29) is 11.9 Å². The zero-order chi connectivity index (χ0) is 14.7. The molecule has 1 amide bonds. The number of hydrogen-bond donors (Lipinski definition) is 2. The number of hydrogen-bond acceptors (Lipinski definition) is 4. The number of nitrogens with zero attached hydrogens (tertiary/aromatic N) is 2. The quantitative estimate of drug-likeness (QED) is 0.885. The largest absolute Gasteiger partial charge is 0.381 e. The van der Waals surface area contributed by atoms with Gasteiger partial charge in [0, 0.05) is 19.3 Å². The molecule has 2 saturated heterocycles. The van der Waals surface area contributed by atoms with E-state index in [0.29, 0.717) is 11.7 Å². The highest BCUT2D eigenvalue weighted by molar-refractivity contribution is 5.92. The first kappa shape index (κ1) is 14.5. The lowest BCUT2D eigenvalue weighted by Crippen LogP contribution is -2.35. The van der Waals surface area contributed by atoms with Crippen molar-refractivity contribution in [3.8, 4) is 0 Å². The Bertz CT molecular complexity index is 480. The summed E-state index contributed by atoms with van der Waals surface area (Å²) in [5.41, 5.74) is 1.54. The van der Waals surface area contributed by atoms with Gasteiger partial charge < -0.3 is 10.1 Å². The Kier molecular flexibility index (Phi) is 4.55. The van der Waals surface area contributed by atoms with Gasteiger partial charge in [-0.15, -0.1) is 0 Å². The summed E-state index contributed by atoms with van der Waals surface area (Å²) in [6.07, 6.45) is 5.19. The van der Waals surface area contributed by atoms with Crippen LogP contribution in [-0.2, 0) is 4.74 Å². The van der Waals surface area contributed by atoms with E-state index in [9.17, 15) is 4.79 Å². The molecule has 0 aromatic carbocycles. The molecule has 2 aliphatic rings. The topological polar surface area (TPSA) is 70.2 Å². The molecule has 2 unspecified atom stereocenters. The second kappa shape index (κ2) is 6.58. The van der Waals surface area contributed by atoms with Crippen molar-refractivity contribution in [2.75, 3.05) is 26.8 Å². The van der Waals surface area contributed by atoms with Gasteiger partial charge in [0.2, 0.25) is 0 Å². The van der Waals surface area contributed by atoms with Gasteiger partial charge >= 0.3 is 0 Å². The number of carbonyl (C=O) groups is 1. The molecule has 2 fully saturated rings. The summed E-state index contributed by atoms with van der Waals surface area (Å²) in [6.45, 7) is 2.63. The molecule has 0 aliphatic carbocycles. The van der Waals surface area contributed by atoms with E-state index < -0.39 is 0 Å². The maximum atomic E-state index is 12.3. The van der Waals surface area contributed by atoms with E-state index in [1.807, 2.05) is 6.07 Å². The molecule has 2 N–H and O–H groups in total. The molecule has 0 bridgehead atoms. The van der Waals surface area contributed by atoms with E-state index in [1.165, 1.54) is 6.42 Å². The van der Waals surface area contributed by atoms with Gasteiger partial charge in [-0.3, -0.25) is 14.8 Å². The molecule has 6 nitrogen and oxygen atoms in total. The first-order valence-corrected chi connectivity index (χ1v) is 7.88. The molecule has 1 aromatic heterocycles. The van der Waals surface area contributed by atoms with Crippen LogP contribution < -0.4 is 5.32 Å². The lowest BCUT2D eigenvalue weighted by Gasteiger charge is -2.17. The fourth-order valence-electron chi connectivity index (χ4n) is 3.23. The van der Waals surface area contributed by atoms with Gasteiger partial charge in [-0.2, -0.15) is 5.10 Å². The van der Waals surface area contributed by atoms with Crippen molar-refractivity contribution in [1.82, 2.24) is 20.4 Å². The lowest BCUT2D eigenvalue weighted by atomic mass is 10.1. The second-order valence-electron chi connectivity index (χ2n) is 6.06. The van der Waals surface area contributed by atoms with Crippen LogP contribution in [0.4, 0.5) is 0 Å². The summed E-state index contributed by atoms with van der Waals surface area (Å²) in [5.74, 6) is -0.0787. The third kappa shape index (κ3) is 3.44. The van der Waals surface area contributed by atoms with Crippen LogP contribution in [0.25, 0.3) is 0 Å². The van der Waals surface area contributed by atoms with Crippen molar-refractivity contribution in [3.05, 3.63) is 17.5 Å². The fraction of sp³-hybridized carbons (Fsp3) is 0.733. The molecule has 2 aliphatic heterocycles. The molecule has 6 heteroatoms. The van der Waals surface area contributed by atoms with E-state index in [1.54, 1.807) is 0 Å². The maximum absolute atomic E-state index is 12.3. The predicted molar refractivity (Wildman–Crippen MR) is 79.1 cm³/mol. The summed E-state index contributed by atoms with van der Waals surface area (Å²) in [4.78, 5) is 14.6. The van der Waals surface area contributed by atoms with E-state index in [0.717, 1.165) is 51.1 Å². The number of rotatable bonds is 3. The Morgan fingerprint density at radius 2 is 2.29 bits per heavy atom. The summed E-state index contributed by atoms with van der Waals surface area (Å²) in [7, 11) is 2.11. The Morgan fingerprint density at radius 1 is 1.38 bits per heavy atom. The van der Waals surface area contributed by atoms with Crippen LogP contribution in [0, 0.1) is 0 Å². The van der Waals surface area contributed by atoms with Crippen LogP contribution >= 0.6 is 0 Å². The van der Waals surface area contributed by atoms with Crippen LogP contribution in [0.2, 0.25) is 0 Å². The van der Waals surface area contributed by atoms with Gasteiger partial charge in [0.25, 0.3) is 5.91 Å². The first-order chi connectivity index (χ1) is 10.2. The fourth-order valence-corrected chi connectivity index (χ4v) is 3.23. The van der Waals surface area contributed by atoms with Crippen molar-refractivity contribution >= 4 is 5.91 Å². The molecular weight excluding hydrogens is 268 g/mol. The number of nitrogens with one attached hydrogen (secondary N) is 2. The number of likely N-dealkylation sites (tertiary alicyclic amines) is 1. The van der Waals surface area contributed by atoms with Crippen molar-refractivity contribution in [2.45, 2.75) is 44.2 Å². The highest BCUT2D eigenvalue weighted by Gasteiger charge is 2.25. The predicted octanol–water partition coefficient (Wildman–Crippen LogP) is 1.48. The van der Waals surface area contributed by atoms with Gasteiger partial charge in [-0.25, -0.2) is 0 Å². The van der Waals surface area contributed by atoms with Gasteiger partial charge in [-0.1, -0.05) is 0 Å². The highest BCUT2D eigenvalue weighted by atomic mass is 16.5. The minimum Gasteiger partial charge on any atom is -0.381 e. The third-order valence-corrected chi connectivity index (χ3v) is 4.50. The Balaban J connectivity index is 1.61. The van der Waals surface area contributed by atoms with Crippen molar-refractivity contribution in [2.24, 2.45) is 0 Å². The SMILES string of the molecule is CN1CCCC1c1cc(C(=O)NC2CCCOCC2)n[nH]1. The van der Waals surface area contributed by atoms with Crippen molar-refractivity contribution < 1.29 is 9.53 Å². The monoisotopic (exact) mass is 292 g/mol. The smallest absolute Gasteiger partial charge is 0.271 e. The van der Waals surface area contributed by atoms with Gasteiger partial charge in [0.15, 0.2) is 0 Å². The molecule has 2 atom stereocenters. The molecule has 3 rings (SSSR count). The van der Waals surface area contributed by atoms with E-state index >= 15 is 0 Å². The van der Waals surface area contributed by atoms with Crippen LogP contribution in [0.3, 0.4) is 0 Å². The number of amides is 1. The number of aromatic amines is 1. The Hall–Kier alpha value is -1.40. The minimum absolute atomic E-state index is 0.0787. The molecule has 1 aromatic rings. The minimum atomic E-state index is -0.0787. The lowest BCUT2D eigenvalue weighted by molar-refractivity contribution is 0.0924. The van der Waals surface area contributed by atoms with E-state index in [2.05, 4.69) is 27.5 Å². The van der Waals surface area contributed by atoms with Crippen LogP contribution in [-0.4, -0.2) is 53.9 Å². The molecule has 0 saturated carbocycles. The molecule has 116 valence electrons.